The van der Waals surface area contributed by atoms with Gasteiger partial charge in [-0.1, -0.05) is 29.8 Å². The van der Waals surface area contributed by atoms with E-state index in [4.69, 9.17) is 5.11 Å². The van der Waals surface area contributed by atoms with Crippen molar-refractivity contribution in [1.29, 1.82) is 0 Å². The van der Waals surface area contributed by atoms with Gasteiger partial charge in [0.15, 0.2) is 0 Å². The van der Waals surface area contributed by atoms with Gasteiger partial charge in [0.1, 0.15) is 0 Å². The Balaban J connectivity index is 3.09. The molecule has 0 aliphatic carbocycles. The summed E-state index contributed by atoms with van der Waals surface area (Å²) in [4.78, 5) is 10.8. The Morgan fingerprint density at radius 2 is 2.00 bits per heavy atom. The highest BCUT2D eigenvalue weighted by atomic mass is 79.9. The molecule has 0 saturated carbocycles. The van der Waals surface area contributed by atoms with Crippen LogP contribution in [0.1, 0.15) is 25.8 Å². The van der Waals surface area contributed by atoms with Crippen molar-refractivity contribution in [1.82, 2.24) is 0 Å². The van der Waals surface area contributed by atoms with Crippen LogP contribution in [0.15, 0.2) is 22.7 Å². The third-order valence-electron chi connectivity index (χ3n) is 2.83. The van der Waals surface area contributed by atoms with E-state index < -0.39 is 23.8 Å². The fourth-order valence-corrected chi connectivity index (χ4v) is 2.08. The molecule has 3 nitrogen and oxygen atoms in total. The van der Waals surface area contributed by atoms with E-state index in [1.165, 1.54) is 12.1 Å². The fourth-order valence-electron chi connectivity index (χ4n) is 1.72. The van der Waals surface area contributed by atoms with Gasteiger partial charge in [-0.05, 0) is 24.1 Å². The molecule has 0 fully saturated rings. The van der Waals surface area contributed by atoms with Crippen LogP contribution in [0.4, 0.5) is 18.9 Å². The number of carboxylic acids is 1. The predicted molar refractivity (Wildman–Crippen MR) is 73.6 cm³/mol. The zero-order valence-electron chi connectivity index (χ0n) is 11.0. The van der Waals surface area contributed by atoms with Gasteiger partial charge >= 0.3 is 12.1 Å². The maximum atomic E-state index is 13.0. The standard InChI is InChI=1S/C13H15BrF3NO2/c1-7(2)11(6-12(19)20)18-10-4-3-8(14)5-9(10)13(15,16)17/h3-5,7,11,18H,6H2,1-2H3,(H,19,20). The number of carboxylic acid groups (broad SMARTS) is 1. The van der Waals surface area contributed by atoms with E-state index in [2.05, 4.69) is 21.2 Å². The third-order valence-corrected chi connectivity index (χ3v) is 3.32. The molecule has 1 unspecified atom stereocenters. The molecule has 0 bridgehead atoms. The molecule has 0 aliphatic heterocycles. The van der Waals surface area contributed by atoms with Gasteiger partial charge in [0, 0.05) is 16.2 Å². The van der Waals surface area contributed by atoms with Gasteiger partial charge in [-0.15, -0.1) is 0 Å². The highest BCUT2D eigenvalue weighted by Gasteiger charge is 2.34. The van der Waals surface area contributed by atoms with Gasteiger partial charge in [0.25, 0.3) is 0 Å². The van der Waals surface area contributed by atoms with Crippen LogP contribution in [0.5, 0.6) is 0 Å². The van der Waals surface area contributed by atoms with Crippen LogP contribution >= 0.6 is 15.9 Å². The Hall–Kier alpha value is -1.24. The van der Waals surface area contributed by atoms with Gasteiger partial charge in [0.2, 0.25) is 0 Å². The van der Waals surface area contributed by atoms with Crippen molar-refractivity contribution < 1.29 is 23.1 Å². The minimum Gasteiger partial charge on any atom is -0.481 e. The van der Waals surface area contributed by atoms with E-state index in [1.54, 1.807) is 13.8 Å². The van der Waals surface area contributed by atoms with E-state index in [0.717, 1.165) is 6.07 Å². The smallest absolute Gasteiger partial charge is 0.418 e. The molecule has 7 heteroatoms. The van der Waals surface area contributed by atoms with E-state index in [0.29, 0.717) is 4.47 Å². The predicted octanol–water partition coefficient (Wildman–Crippen LogP) is 4.38. The maximum Gasteiger partial charge on any atom is 0.418 e. The number of nitrogens with one attached hydrogen (secondary N) is 1. The van der Waals surface area contributed by atoms with Crippen LogP contribution in [0.2, 0.25) is 0 Å². The van der Waals surface area contributed by atoms with Crippen molar-refractivity contribution in [3.8, 4) is 0 Å². The van der Waals surface area contributed by atoms with Gasteiger partial charge in [-0.25, -0.2) is 0 Å². The van der Waals surface area contributed by atoms with E-state index >= 15 is 0 Å². The summed E-state index contributed by atoms with van der Waals surface area (Å²) in [5.41, 5.74) is -0.927. The topological polar surface area (TPSA) is 49.3 Å². The molecule has 2 N–H and O–H groups in total. The number of halogens is 4. The van der Waals surface area contributed by atoms with Crippen LogP contribution < -0.4 is 5.32 Å². The summed E-state index contributed by atoms with van der Waals surface area (Å²) < 4.78 is 39.2. The molecule has 0 aliphatic rings. The first-order valence-electron chi connectivity index (χ1n) is 5.96. The molecule has 112 valence electrons. The summed E-state index contributed by atoms with van der Waals surface area (Å²) in [6.45, 7) is 3.51. The normalized spacial score (nSPS) is 13.3. The second-order valence-electron chi connectivity index (χ2n) is 4.78. The molecule has 20 heavy (non-hydrogen) atoms. The average molecular weight is 354 g/mol. The van der Waals surface area contributed by atoms with Gasteiger partial charge in [-0.2, -0.15) is 13.2 Å². The maximum absolute atomic E-state index is 13.0. The van der Waals surface area contributed by atoms with Crippen molar-refractivity contribution in [3.05, 3.63) is 28.2 Å². The highest BCUT2D eigenvalue weighted by Crippen LogP contribution is 2.37. The first-order chi connectivity index (χ1) is 9.11. The second kappa shape index (κ2) is 6.47. The number of rotatable bonds is 5. The highest BCUT2D eigenvalue weighted by molar-refractivity contribution is 9.10. The first-order valence-corrected chi connectivity index (χ1v) is 6.75. The summed E-state index contributed by atoms with van der Waals surface area (Å²) >= 11 is 3.00. The average Bonchev–Trinajstić information content (AvgIpc) is 2.28. The van der Waals surface area contributed by atoms with Crippen LogP contribution in [0, 0.1) is 5.92 Å². The van der Waals surface area contributed by atoms with E-state index in [9.17, 15) is 18.0 Å². The molecular formula is C13H15BrF3NO2. The van der Waals surface area contributed by atoms with Crippen LogP contribution in [0.25, 0.3) is 0 Å². The number of anilines is 1. The molecule has 0 radical (unpaired) electrons. The number of hydrogen-bond donors (Lipinski definition) is 2. The molecule has 1 aromatic carbocycles. The largest absolute Gasteiger partial charge is 0.481 e. The van der Waals surface area contributed by atoms with Gasteiger partial charge < -0.3 is 10.4 Å². The zero-order valence-corrected chi connectivity index (χ0v) is 12.5. The number of hydrogen-bond acceptors (Lipinski definition) is 2. The molecule has 0 heterocycles. The van der Waals surface area contributed by atoms with Gasteiger partial charge in [0.05, 0.1) is 12.0 Å². The monoisotopic (exact) mass is 353 g/mol. The minimum atomic E-state index is -4.50. The molecule has 0 saturated heterocycles. The molecule has 0 amide bonds. The molecule has 0 spiro atoms. The SMILES string of the molecule is CC(C)C(CC(=O)O)Nc1ccc(Br)cc1C(F)(F)F. The van der Waals surface area contributed by atoms with E-state index in [-0.39, 0.29) is 18.0 Å². The van der Waals surface area contributed by atoms with Crippen molar-refractivity contribution >= 4 is 27.6 Å². The third kappa shape index (κ3) is 4.70. The fraction of sp³-hybridized carbons (Fsp3) is 0.462. The van der Waals surface area contributed by atoms with Crippen molar-refractivity contribution in [3.63, 3.8) is 0 Å². The summed E-state index contributed by atoms with van der Waals surface area (Å²) in [6, 6.07) is 3.18. The number of benzene rings is 1. The second-order valence-corrected chi connectivity index (χ2v) is 5.70. The lowest BCUT2D eigenvalue weighted by molar-refractivity contribution is -0.137. The molecule has 1 rings (SSSR count). The Labute approximate surface area is 123 Å². The molecular weight excluding hydrogens is 339 g/mol. The Bertz CT molecular complexity index is 489. The molecule has 0 aromatic heterocycles. The Morgan fingerprint density at radius 3 is 2.45 bits per heavy atom. The van der Waals surface area contributed by atoms with E-state index in [1.807, 2.05) is 0 Å². The summed E-state index contributed by atoms with van der Waals surface area (Å²) in [6.07, 6.45) is -4.75. The summed E-state index contributed by atoms with van der Waals surface area (Å²) in [7, 11) is 0. The quantitative estimate of drug-likeness (QED) is 0.825. The summed E-state index contributed by atoms with van der Waals surface area (Å²) in [5.74, 6) is -1.17. The van der Waals surface area contributed by atoms with Crippen molar-refractivity contribution in [2.24, 2.45) is 5.92 Å². The van der Waals surface area contributed by atoms with Crippen molar-refractivity contribution in [2.45, 2.75) is 32.5 Å². The lowest BCUT2D eigenvalue weighted by atomic mass is 10.00. The molecule has 1 atom stereocenters. The zero-order chi connectivity index (χ0) is 15.5. The summed E-state index contributed by atoms with van der Waals surface area (Å²) in [5, 5.41) is 11.5. The van der Waals surface area contributed by atoms with Crippen molar-refractivity contribution in [2.75, 3.05) is 5.32 Å². The number of aliphatic carboxylic acids is 1. The lowest BCUT2D eigenvalue weighted by Gasteiger charge is -2.24. The molecule has 1 aromatic rings. The van der Waals surface area contributed by atoms with Gasteiger partial charge in [-0.3, -0.25) is 4.79 Å². The van der Waals surface area contributed by atoms with Crippen LogP contribution in [-0.2, 0) is 11.0 Å². The first kappa shape index (κ1) is 16.8. The lowest BCUT2D eigenvalue weighted by Crippen LogP contribution is -2.29. The van der Waals surface area contributed by atoms with Crippen LogP contribution in [0.3, 0.4) is 0 Å². The number of carbonyl (C=O) groups is 1. The number of alkyl halides is 3. The minimum absolute atomic E-state index is 0.111. The van der Waals surface area contributed by atoms with Crippen LogP contribution in [-0.4, -0.2) is 17.1 Å². The Kier molecular flexibility index (Phi) is 5.44. The Morgan fingerprint density at radius 1 is 1.40 bits per heavy atom.